The Balaban J connectivity index is 1.60. The molecule has 1 N–H and O–H groups in total. The molecule has 3 amide bonds. The van der Waals surface area contributed by atoms with Crippen LogP contribution in [-0.4, -0.2) is 65.7 Å². The minimum atomic E-state index is -0.779. The molecule has 1 heterocycles. The smallest absolute Gasteiger partial charge is 0.410 e. The van der Waals surface area contributed by atoms with Crippen LogP contribution < -0.4 is 5.32 Å². The number of carbonyl (C=O) groups is 3. The average molecular weight is 468 g/mol. The van der Waals surface area contributed by atoms with E-state index in [1.54, 1.807) is 9.80 Å². The number of rotatable bonds is 6. The lowest BCUT2D eigenvalue weighted by atomic mass is 10.0. The molecule has 3 rings (SSSR count). The normalized spacial score (nSPS) is 14.8. The summed E-state index contributed by atoms with van der Waals surface area (Å²) in [6.07, 6.45) is -0.694. The topological polar surface area (TPSA) is 88.2 Å². The number of piperazine rings is 1. The van der Waals surface area contributed by atoms with E-state index in [9.17, 15) is 14.4 Å². The molecule has 1 aliphatic heterocycles. The number of hydrogen-bond donors (Lipinski definition) is 1. The zero-order chi connectivity index (χ0) is 24.6. The molecule has 0 aliphatic carbocycles. The predicted octanol–water partition coefficient (Wildman–Crippen LogP) is 3.60. The number of alkyl carbamates (subject to hydrolysis) is 1. The third-order valence-corrected chi connectivity index (χ3v) is 5.33. The van der Waals surface area contributed by atoms with Crippen LogP contribution in [0, 0.1) is 0 Å². The third-order valence-electron chi connectivity index (χ3n) is 5.33. The molecule has 0 bridgehead atoms. The first-order chi connectivity index (χ1) is 16.2. The van der Waals surface area contributed by atoms with Crippen LogP contribution in [-0.2, 0) is 27.3 Å². The van der Waals surface area contributed by atoms with E-state index >= 15 is 0 Å². The Morgan fingerprint density at radius 3 is 1.94 bits per heavy atom. The van der Waals surface area contributed by atoms with Crippen LogP contribution in [0.1, 0.15) is 31.9 Å². The van der Waals surface area contributed by atoms with Gasteiger partial charge in [0.2, 0.25) is 5.91 Å². The number of amides is 3. The van der Waals surface area contributed by atoms with Crippen molar-refractivity contribution in [3.63, 3.8) is 0 Å². The maximum Gasteiger partial charge on any atom is 0.410 e. The highest BCUT2D eigenvalue weighted by molar-refractivity contribution is 5.86. The van der Waals surface area contributed by atoms with Gasteiger partial charge in [-0.1, -0.05) is 60.7 Å². The molecule has 2 aromatic carbocycles. The predicted molar refractivity (Wildman–Crippen MR) is 128 cm³/mol. The summed E-state index contributed by atoms with van der Waals surface area (Å²) in [7, 11) is 0. The minimum absolute atomic E-state index is 0.119. The number of carbonyl (C=O) groups excluding carboxylic acids is 3. The van der Waals surface area contributed by atoms with Gasteiger partial charge in [-0.05, 0) is 31.9 Å². The summed E-state index contributed by atoms with van der Waals surface area (Å²) < 4.78 is 10.8. The van der Waals surface area contributed by atoms with Crippen molar-refractivity contribution >= 4 is 18.1 Å². The van der Waals surface area contributed by atoms with Gasteiger partial charge < -0.3 is 24.6 Å². The molecular weight excluding hydrogens is 434 g/mol. The van der Waals surface area contributed by atoms with Crippen LogP contribution in [0.4, 0.5) is 9.59 Å². The molecule has 0 spiro atoms. The lowest BCUT2D eigenvalue weighted by Gasteiger charge is -2.37. The van der Waals surface area contributed by atoms with Crippen LogP contribution >= 0.6 is 0 Å². The van der Waals surface area contributed by atoms with Crippen LogP contribution in [0.5, 0.6) is 0 Å². The van der Waals surface area contributed by atoms with Crippen molar-refractivity contribution in [1.82, 2.24) is 15.1 Å². The molecule has 8 heteroatoms. The Morgan fingerprint density at radius 1 is 0.853 bits per heavy atom. The molecule has 0 saturated carbocycles. The Morgan fingerprint density at radius 2 is 1.38 bits per heavy atom. The molecule has 8 nitrogen and oxygen atoms in total. The van der Waals surface area contributed by atoms with Crippen molar-refractivity contribution in [3.05, 3.63) is 71.8 Å². The SMILES string of the molecule is CC(C)(C)OC(=O)N1CCN(C(=O)C(Cc2ccccc2)NC(=O)OCc2ccccc2)CC1. The molecule has 1 saturated heterocycles. The molecule has 34 heavy (non-hydrogen) atoms. The highest BCUT2D eigenvalue weighted by Gasteiger charge is 2.32. The lowest BCUT2D eigenvalue weighted by molar-refractivity contribution is -0.135. The maximum atomic E-state index is 13.3. The molecule has 1 fully saturated rings. The Bertz CT molecular complexity index is 951. The van der Waals surface area contributed by atoms with Crippen molar-refractivity contribution < 1.29 is 23.9 Å². The van der Waals surface area contributed by atoms with Crippen molar-refractivity contribution in [2.75, 3.05) is 26.2 Å². The first-order valence-electron chi connectivity index (χ1n) is 11.5. The van der Waals surface area contributed by atoms with E-state index in [0.717, 1.165) is 11.1 Å². The highest BCUT2D eigenvalue weighted by Crippen LogP contribution is 2.14. The van der Waals surface area contributed by atoms with E-state index in [1.165, 1.54) is 0 Å². The summed E-state index contributed by atoms with van der Waals surface area (Å²) in [5.74, 6) is -0.204. The Hall–Kier alpha value is -3.55. The first kappa shape index (κ1) is 25.1. The summed E-state index contributed by atoms with van der Waals surface area (Å²) in [6.45, 7) is 7.06. The van der Waals surface area contributed by atoms with Gasteiger partial charge in [-0.3, -0.25) is 4.79 Å². The fourth-order valence-corrected chi connectivity index (χ4v) is 3.61. The monoisotopic (exact) mass is 467 g/mol. The number of nitrogens with zero attached hydrogens (tertiary/aromatic N) is 2. The van der Waals surface area contributed by atoms with E-state index in [2.05, 4.69) is 5.32 Å². The van der Waals surface area contributed by atoms with Gasteiger partial charge in [0.1, 0.15) is 18.2 Å². The highest BCUT2D eigenvalue weighted by atomic mass is 16.6. The molecule has 1 aliphatic rings. The van der Waals surface area contributed by atoms with Gasteiger partial charge >= 0.3 is 12.2 Å². The van der Waals surface area contributed by atoms with Gasteiger partial charge in [0.25, 0.3) is 0 Å². The summed E-state index contributed by atoms with van der Waals surface area (Å²) in [5.41, 5.74) is 1.22. The van der Waals surface area contributed by atoms with E-state index in [0.29, 0.717) is 32.6 Å². The Kier molecular flexibility index (Phi) is 8.51. The quantitative estimate of drug-likeness (QED) is 0.701. The first-order valence-corrected chi connectivity index (χ1v) is 11.5. The van der Waals surface area contributed by atoms with Crippen molar-refractivity contribution in [2.45, 2.75) is 45.4 Å². The fourth-order valence-electron chi connectivity index (χ4n) is 3.61. The molecule has 0 radical (unpaired) electrons. The van der Waals surface area contributed by atoms with Crippen molar-refractivity contribution in [2.24, 2.45) is 0 Å². The standard InChI is InChI=1S/C26H33N3O5/c1-26(2,3)34-25(32)29-16-14-28(15-17-29)23(30)22(18-20-10-6-4-7-11-20)27-24(31)33-19-21-12-8-5-9-13-21/h4-13,22H,14-19H2,1-3H3,(H,27,31). The second-order valence-corrected chi connectivity index (χ2v) is 9.24. The minimum Gasteiger partial charge on any atom is -0.445 e. The van der Waals surface area contributed by atoms with Gasteiger partial charge in [0, 0.05) is 32.6 Å². The molecule has 182 valence electrons. The molecular formula is C26H33N3O5. The van der Waals surface area contributed by atoms with E-state index < -0.39 is 17.7 Å². The van der Waals surface area contributed by atoms with Crippen LogP contribution in [0.15, 0.2) is 60.7 Å². The van der Waals surface area contributed by atoms with E-state index in [-0.39, 0.29) is 18.6 Å². The van der Waals surface area contributed by atoms with Crippen molar-refractivity contribution in [3.8, 4) is 0 Å². The Labute approximate surface area is 200 Å². The largest absolute Gasteiger partial charge is 0.445 e. The van der Waals surface area contributed by atoms with Gasteiger partial charge in [0.05, 0.1) is 0 Å². The second-order valence-electron chi connectivity index (χ2n) is 9.24. The second kappa shape index (κ2) is 11.5. The van der Waals surface area contributed by atoms with Crippen LogP contribution in [0.25, 0.3) is 0 Å². The summed E-state index contributed by atoms with van der Waals surface area (Å²) in [6, 6.07) is 18.1. The molecule has 2 aromatic rings. The van der Waals surface area contributed by atoms with Gasteiger partial charge in [-0.25, -0.2) is 9.59 Å². The number of nitrogens with one attached hydrogen (secondary N) is 1. The zero-order valence-corrected chi connectivity index (χ0v) is 20.0. The van der Waals surface area contributed by atoms with Gasteiger partial charge in [0.15, 0.2) is 0 Å². The molecule has 1 unspecified atom stereocenters. The number of hydrogen-bond acceptors (Lipinski definition) is 5. The molecule has 0 aromatic heterocycles. The van der Waals surface area contributed by atoms with E-state index in [1.807, 2.05) is 81.4 Å². The summed E-state index contributed by atoms with van der Waals surface area (Å²) in [4.78, 5) is 41.4. The fraction of sp³-hybridized carbons (Fsp3) is 0.423. The van der Waals surface area contributed by atoms with E-state index in [4.69, 9.17) is 9.47 Å². The summed E-state index contributed by atoms with van der Waals surface area (Å²) in [5, 5.41) is 2.74. The van der Waals surface area contributed by atoms with Crippen molar-refractivity contribution in [1.29, 1.82) is 0 Å². The number of ether oxygens (including phenoxy) is 2. The lowest BCUT2D eigenvalue weighted by Crippen LogP contribution is -2.56. The van der Waals surface area contributed by atoms with Crippen LogP contribution in [0.2, 0.25) is 0 Å². The average Bonchev–Trinajstić information content (AvgIpc) is 2.82. The van der Waals surface area contributed by atoms with Gasteiger partial charge in [-0.15, -0.1) is 0 Å². The molecule has 1 atom stereocenters. The summed E-state index contributed by atoms with van der Waals surface area (Å²) >= 11 is 0. The number of benzene rings is 2. The van der Waals surface area contributed by atoms with Gasteiger partial charge in [-0.2, -0.15) is 0 Å². The zero-order valence-electron chi connectivity index (χ0n) is 20.0. The van der Waals surface area contributed by atoms with Crippen LogP contribution in [0.3, 0.4) is 0 Å². The third kappa shape index (κ3) is 7.79. The maximum absolute atomic E-state index is 13.3.